The predicted molar refractivity (Wildman–Crippen MR) is 87.5 cm³/mol. The number of nitrogens with zero attached hydrogens (tertiary/aromatic N) is 2. The van der Waals surface area contributed by atoms with E-state index in [0.717, 1.165) is 55.6 Å². The Balaban J connectivity index is 1.63. The molecule has 118 valence electrons. The van der Waals surface area contributed by atoms with E-state index in [1.54, 1.807) is 0 Å². The molecule has 1 aromatic carbocycles. The normalized spacial score (nSPS) is 17.8. The van der Waals surface area contributed by atoms with Gasteiger partial charge in [-0.3, -0.25) is 4.79 Å². The molecular weight excluding hydrogens is 276 g/mol. The van der Waals surface area contributed by atoms with Crippen LogP contribution in [0.3, 0.4) is 0 Å². The molecule has 3 rings (SSSR count). The number of carbonyl (C=O) groups is 1. The SMILES string of the molecule is CCCC(N)C(=O)N1CCC(c2nc3ccccc3[nH]2)CC1. The first-order valence-corrected chi connectivity index (χ1v) is 8.18. The minimum Gasteiger partial charge on any atom is -0.342 e. The largest absolute Gasteiger partial charge is 0.342 e. The summed E-state index contributed by atoms with van der Waals surface area (Å²) < 4.78 is 0. The fraction of sp³-hybridized carbons (Fsp3) is 0.529. The number of aromatic amines is 1. The minimum absolute atomic E-state index is 0.102. The van der Waals surface area contributed by atoms with Crippen LogP contribution < -0.4 is 5.73 Å². The number of nitrogens with one attached hydrogen (secondary N) is 1. The topological polar surface area (TPSA) is 75.0 Å². The molecule has 1 unspecified atom stereocenters. The van der Waals surface area contributed by atoms with Crippen LogP contribution >= 0.6 is 0 Å². The van der Waals surface area contributed by atoms with E-state index >= 15 is 0 Å². The molecule has 1 amide bonds. The molecule has 1 aliphatic heterocycles. The van der Waals surface area contributed by atoms with Gasteiger partial charge in [-0.15, -0.1) is 0 Å². The van der Waals surface area contributed by atoms with Gasteiger partial charge in [-0.05, 0) is 31.4 Å². The van der Waals surface area contributed by atoms with Crippen LogP contribution in [0.1, 0.15) is 44.3 Å². The molecule has 22 heavy (non-hydrogen) atoms. The summed E-state index contributed by atoms with van der Waals surface area (Å²) in [6.45, 7) is 3.61. The number of para-hydroxylation sites is 2. The summed E-state index contributed by atoms with van der Waals surface area (Å²) in [6.07, 6.45) is 3.61. The number of hydrogen-bond donors (Lipinski definition) is 2. The second kappa shape index (κ2) is 6.48. The lowest BCUT2D eigenvalue weighted by Crippen LogP contribution is -2.46. The molecular formula is C17H24N4O. The second-order valence-electron chi connectivity index (χ2n) is 6.13. The second-order valence-corrected chi connectivity index (χ2v) is 6.13. The highest BCUT2D eigenvalue weighted by atomic mass is 16.2. The molecule has 0 spiro atoms. The summed E-state index contributed by atoms with van der Waals surface area (Å²) in [7, 11) is 0. The molecule has 0 aliphatic carbocycles. The third-order valence-corrected chi connectivity index (χ3v) is 4.52. The minimum atomic E-state index is -0.340. The van der Waals surface area contributed by atoms with Gasteiger partial charge in [0.05, 0.1) is 17.1 Å². The molecule has 1 saturated heterocycles. The Morgan fingerprint density at radius 2 is 2.14 bits per heavy atom. The Bertz CT molecular complexity index is 610. The standard InChI is InChI=1S/C17H24N4O/c1-2-5-13(18)17(22)21-10-8-12(9-11-21)16-19-14-6-3-4-7-15(14)20-16/h3-4,6-7,12-13H,2,5,8-11,18H2,1H3,(H,19,20). The van der Waals surface area contributed by atoms with Gasteiger partial charge < -0.3 is 15.6 Å². The molecule has 2 heterocycles. The first-order valence-electron chi connectivity index (χ1n) is 8.18. The van der Waals surface area contributed by atoms with Crippen molar-refractivity contribution in [2.45, 2.75) is 44.6 Å². The van der Waals surface area contributed by atoms with Crippen molar-refractivity contribution in [2.75, 3.05) is 13.1 Å². The number of piperidine rings is 1. The van der Waals surface area contributed by atoms with Crippen LogP contribution in [0.4, 0.5) is 0 Å². The highest BCUT2D eigenvalue weighted by Crippen LogP contribution is 2.28. The van der Waals surface area contributed by atoms with Crippen LogP contribution in [0.2, 0.25) is 0 Å². The molecule has 3 N–H and O–H groups in total. The van der Waals surface area contributed by atoms with Gasteiger partial charge in [0.1, 0.15) is 5.82 Å². The van der Waals surface area contributed by atoms with E-state index in [1.807, 2.05) is 29.2 Å². The van der Waals surface area contributed by atoms with Crippen LogP contribution in [0.15, 0.2) is 24.3 Å². The van der Waals surface area contributed by atoms with E-state index < -0.39 is 0 Å². The Morgan fingerprint density at radius 1 is 1.41 bits per heavy atom. The third kappa shape index (κ3) is 2.99. The quantitative estimate of drug-likeness (QED) is 0.910. The van der Waals surface area contributed by atoms with Crippen molar-refractivity contribution in [3.8, 4) is 0 Å². The van der Waals surface area contributed by atoms with E-state index in [1.165, 1.54) is 0 Å². The summed E-state index contributed by atoms with van der Waals surface area (Å²) in [4.78, 5) is 22.3. The van der Waals surface area contributed by atoms with Gasteiger partial charge >= 0.3 is 0 Å². The lowest BCUT2D eigenvalue weighted by molar-refractivity contribution is -0.133. The number of benzene rings is 1. The van der Waals surface area contributed by atoms with Gasteiger partial charge in [-0.1, -0.05) is 25.5 Å². The Hall–Kier alpha value is -1.88. The summed E-state index contributed by atoms with van der Waals surface area (Å²) in [5.41, 5.74) is 8.04. The fourth-order valence-corrected chi connectivity index (χ4v) is 3.21. The Kier molecular flexibility index (Phi) is 4.43. The number of carbonyl (C=O) groups excluding carboxylic acids is 1. The van der Waals surface area contributed by atoms with Gasteiger partial charge in [-0.2, -0.15) is 0 Å². The highest BCUT2D eigenvalue weighted by molar-refractivity contribution is 5.81. The number of amides is 1. The fourth-order valence-electron chi connectivity index (χ4n) is 3.21. The molecule has 5 nitrogen and oxygen atoms in total. The zero-order valence-electron chi connectivity index (χ0n) is 13.1. The van der Waals surface area contributed by atoms with Crippen molar-refractivity contribution in [3.05, 3.63) is 30.1 Å². The van der Waals surface area contributed by atoms with Crippen molar-refractivity contribution in [2.24, 2.45) is 5.73 Å². The monoisotopic (exact) mass is 300 g/mol. The zero-order chi connectivity index (χ0) is 15.5. The van der Waals surface area contributed by atoms with Crippen molar-refractivity contribution < 1.29 is 4.79 Å². The average molecular weight is 300 g/mol. The number of H-pyrrole nitrogens is 1. The van der Waals surface area contributed by atoms with Crippen molar-refractivity contribution in [3.63, 3.8) is 0 Å². The van der Waals surface area contributed by atoms with Crippen molar-refractivity contribution in [1.82, 2.24) is 14.9 Å². The number of nitrogens with two attached hydrogens (primary N) is 1. The number of rotatable bonds is 4. The summed E-state index contributed by atoms with van der Waals surface area (Å²) in [5.74, 6) is 1.55. The van der Waals surface area contributed by atoms with Gasteiger partial charge in [0.25, 0.3) is 0 Å². The van der Waals surface area contributed by atoms with Crippen LogP contribution in [0.25, 0.3) is 11.0 Å². The van der Waals surface area contributed by atoms with Gasteiger partial charge in [0.15, 0.2) is 0 Å². The third-order valence-electron chi connectivity index (χ3n) is 4.52. The van der Waals surface area contributed by atoms with E-state index in [-0.39, 0.29) is 11.9 Å². The van der Waals surface area contributed by atoms with Gasteiger partial charge in [0, 0.05) is 19.0 Å². The van der Waals surface area contributed by atoms with E-state index in [9.17, 15) is 4.79 Å². The van der Waals surface area contributed by atoms with Crippen LogP contribution in [0.5, 0.6) is 0 Å². The number of imidazole rings is 1. The predicted octanol–water partition coefficient (Wildman–Crippen LogP) is 2.40. The molecule has 0 radical (unpaired) electrons. The van der Waals surface area contributed by atoms with Crippen molar-refractivity contribution in [1.29, 1.82) is 0 Å². The number of likely N-dealkylation sites (tertiary alicyclic amines) is 1. The smallest absolute Gasteiger partial charge is 0.239 e. The summed E-state index contributed by atoms with van der Waals surface area (Å²) in [6, 6.07) is 7.75. The molecule has 5 heteroatoms. The summed E-state index contributed by atoms with van der Waals surface area (Å²) >= 11 is 0. The van der Waals surface area contributed by atoms with E-state index in [2.05, 4.69) is 16.9 Å². The van der Waals surface area contributed by atoms with Gasteiger partial charge in [-0.25, -0.2) is 4.98 Å². The maximum atomic E-state index is 12.2. The maximum Gasteiger partial charge on any atom is 0.239 e. The molecule has 1 aliphatic rings. The molecule has 2 aromatic rings. The number of aromatic nitrogens is 2. The highest BCUT2D eigenvalue weighted by Gasteiger charge is 2.27. The lowest BCUT2D eigenvalue weighted by atomic mass is 9.95. The maximum absolute atomic E-state index is 12.2. The number of hydrogen-bond acceptors (Lipinski definition) is 3. The first-order chi connectivity index (χ1) is 10.7. The first kappa shape index (κ1) is 15.0. The molecule has 1 fully saturated rings. The molecule has 1 atom stereocenters. The van der Waals surface area contributed by atoms with Crippen LogP contribution in [-0.2, 0) is 4.79 Å². The van der Waals surface area contributed by atoms with Crippen LogP contribution in [-0.4, -0.2) is 39.9 Å². The Labute approximate surface area is 130 Å². The molecule has 1 aromatic heterocycles. The molecule has 0 bridgehead atoms. The average Bonchev–Trinajstić information content (AvgIpc) is 2.98. The summed E-state index contributed by atoms with van der Waals surface area (Å²) in [5, 5.41) is 0. The van der Waals surface area contributed by atoms with Crippen LogP contribution in [0, 0.1) is 0 Å². The zero-order valence-corrected chi connectivity index (χ0v) is 13.1. The van der Waals surface area contributed by atoms with E-state index in [0.29, 0.717) is 5.92 Å². The van der Waals surface area contributed by atoms with Gasteiger partial charge in [0.2, 0.25) is 5.91 Å². The lowest BCUT2D eigenvalue weighted by Gasteiger charge is -2.32. The van der Waals surface area contributed by atoms with E-state index in [4.69, 9.17) is 5.73 Å². The molecule has 0 saturated carbocycles. The number of fused-ring (bicyclic) bond motifs is 1. The Morgan fingerprint density at radius 3 is 2.82 bits per heavy atom. The van der Waals surface area contributed by atoms with Crippen molar-refractivity contribution >= 4 is 16.9 Å².